The van der Waals surface area contributed by atoms with Gasteiger partial charge in [0, 0.05) is 25.2 Å². The van der Waals surface area contributed by atoms with E-state index in [1.807, 2.05) is 55.5 Å². The van der Waals surface area contributed by atoms with Gasteiger partial charge in [-0.25, -0.2) is 4.79 Å². The summed E-state index contributed by atoms with van der Waals surface area (Å²) in [6.45, 7) is 6.80. The van der Waals surface area contributed by atoms with Crippen LogP contribution in [0.25, 0.3) is 11.1 Å². The monoisotopic (exact) mass is 532 g/mol. The van der Waals surface area contributed by atoms with Crippen molar-refractivity contribution in [3.63, 3.8) is 0 Å². The van der Waals surface area contributed by atoms with Crippen LogP contribution >= 0.6 is 0 Å². The van der Waals surface area contributed by atoms with Gasteiger partial charge in [-0.1, -0.05) is 60.7 Å². The number of rotatable bonds is 5. The molecule has 8 heteroatoms. The first-order valence-electron chi connectivity index (χ1n) is 12.8. The van der Waals surface area contributed by atoms with E-state index >= 15 is 0 Å². The van der Waals surface area contributed by atoms with E-state index in [9.17, 15) is 9.90 Å². The minimum atomic E-state index is -0.213. The molecular formula is C30H42AlLiO6. The number of benzene rings is 2. The van der Waals surface area contributed by atoms with Crippen LogP contribution < -0.4 is 18.9 Å². The van der Waals surface area contributed by atoms with Gasteiger partial charge in [-0.2, -0.15) is 0 Å². The minimum Gasteiger partial charge on any atom is -1.00 e. The summed E-state index contributed by atoms with van der Waals surface area (Å²) in [6.07, 6.45) is 4.03. The number of esters is 1. The molecule has 6 nitrogen and oxygen atoms in total. The Morgan fingerprint density at radius 1 is 0.816 bits per heavy atom. The van der Waals surface area contributed by atoms with Gasteiger partial charge in [0.1, 0.15) is 0 Å². The quantitative estimate of drug-likeness (QED) is 0.458. The molecule has 3 aliphatic heterocycles. The number of carbonyl (C=O) groups is 1. The molecule has 2 aromatic carbocycles. The summed E-state index contributed by atoms with van der Waals surface area (Å²) in [5, 5.41) is 9.21. The van der Waals surface area contributed by atoms with Crippen molar-refractivity contribution in [1.82, 2.24) is 0 Å². The molecule has 0 atom stereocenters. The van der Waals surface area contributed by atoms with Gasteiger partial charge < -0.3 is 25.5 Å². The van der Waals surface area contributed by atoms with Crippen molar-refractivity contribution in [2.24, 2.45) is 0 Å². The van der Waals surface area contributed by atoms with Gasteiger partial charge in [0.25, 0.3) is 0 Å². The number of ether oxygens (including phenoxy) is 4. The number of carbonyl (C=O) groups excluding carboxylic acids is 1. The molecule has 3 heterocycles. The number of aliphatic hydroxyl groups excluding tert-OH is 1. The van der Waals surface area contributed by atoms with Crippen molar-refractivity contribution in [1.29, 1.82) is 0 Å². The second-order valence-corrected chi connectivity index (χ2v) is 8.57. The zero-order chi connectivity index (χ0) is 25.4. The van der Waals surface area contributed by atoms with E-state index < -0.39 is 0 Å². The minimum absolute atomic E-state index is 0. The SMILES string of the molecule is C1CCOC1.CCOC(=O)C1=C(c2ccccc2)COCC1.OCC1=C(c2ccccc2)COCC1.[AlH3].[H-].[Li+]. The molecule has 0 spiro atoms. The Morgan fingerprint density at radius 2 is 1.34 bits per heavy atom. The molecule has 38 heavy (non-hydrogen) atoms. The molecule has 1 N–H and O–H groups in total. The van der Waals surface area contributed by atoms with Gasteiger partial charge in [-0.15, -0.1) is 0 Å². The Labute approximate surface area is 251 Å². The molecule has 0 unspecified atom stereocenters. The van der Waals surface area contributed by atoms with Gasteiger partial charge >= 0.3 is 24.8 Å². The topological polar surface area (TPSA) is 74.2 Å². The predicted molar refractivity (Wildman–Crippen MR) is 152 cm³/mol. The van der Waals surface area contributed by atoms with E-state index in [0.29, 0.717) is 32.8 Å². The van der Waals surface area contributed by atoms with E-state index in [-0.39, 0.29) is 50.2 Å². The Kier molecular flexibility index (Phi) is 18.4. The summed E-state index contributed by atoms with van der Waals surface area (Å²) in [5.74, 6) is -0.213. The maximum absolute atomic E-state index is 11.8. The fourth-order valence-electron chi connectivity index (χ4n) is 4.16. The summed E-state index contributed by atoms with van der Waals surface area (Å²) < 4.78 is 20.9. The van der Waals surface area contributed by atoms with Crippen LogP contribution in [-0.2, 0) is 23.7 Å². The second kappa shape index (κ2) is 20.3. The molecule has 2 aromatic rings. The molecule has 0 aliphatic carbocycles. The van der Waals surface area contributed by atoms with Crippen LogP contribution in [0.3, 0.4) is 0 Å². The van der Waals surface area contributed by atoms with Crippen molar-refractivity contribution < 1.29 is 49.1 Å². The summed E-state index contributed by atoms with van der Waals surface area (Å²) in [5.41, 5.74) is 6.17. The average Bonchev–Trinajstić information content (AvgIpc) is 3.55. The predicted octanol–water partition coefficient (Wildman–Crippen LogP) is 1.01. The first-order chi connectivity index (χ1) is 17.7. The Balaban J connectivity index is 0.000000595. The van der Waals surface area contributed by atoms with E-state index in [1.54, 1.807) is 0 Å². The molecule has 0 aromatic heterocycles. The summed E-state index contributed by atoms with van der Waals surface area (Å²) in [7, 11) is 0. The Morgan fingerprint density at radius 3 is 1.84 bits per heavy atom. The Hall–Kier alpha value is -1.64. The fourth-order valence-corrected chi connectivity index (χ4v) is 4.16. The first-order valence-corrected chi connectivity index (χ1v) is 12.8. The number of hydrogen-bond donors (Lipinski definition) is 1. The molecule has 202 valence electrons. The fraction of sp³-hybridized carbons (Fsp3) is 0.433. The smallest absolute Gasteiger partial charge is 1.00 e. The molecule has 0 radical (unpaired) electrons. The van der Waals surface area contributed by atoms with Crippen molar-refractivity contribution >= 4 is 34.5 Å². The van der Waals surface area contributed by atoms with Crippen LogP contribution in [0.5, 0.6) is 0 Å². The van der Waals surface area contributed by atoms with Gasteiger partial charge in [0.05, 0.1) is 39.6 Å². The largest absolute Gasteiger partial charge is 1.00 e. The third-order valence-electron chi connectivity index (χ3n) is 6.11. The third-order valence-corrected chi connectivity index (χ3v) is 6.11. The van der Waals surface area contributed by atoms with E-state index in [0.717, 1.165) is 59.7 Å². The van der Waals surface area contributed by atoms with Crippen molar-refractivity contribution in [3.05, 3.63) is 82.9 Å². The van der Waals surface area contributed by atoms with Crippen LogP contribution in [0.4, 0.5) is 0 Å². The average molecular weight is 533 g/mol. The van der Waals surface area contributed by atoms with E-state index in [2.05, 4.69) is 12.1 Å². The Bertz CT molecular complexity index is 989. The van der Waals surface area contributed by atoms with Gasteiger partial charge in [-0.05, 0) is 54.0 Å². The summed E-state index contributed by atoms with van der Waals surface area (Å²) in [4.78, 5) is 11.8. The van der Waals surface area contributed by atoms with Crippen LogP contribution in [0.2, 0.25) is 0 Å². The first kappa shape index (κ1) is 34.4. The van der Waals surface area contributed by atoms with E-state index in [1.165, 1.54) is 12.8 Å². The zero-order valence-electron chi connectivity index (χ0n) is 23.2. The van der Waals surface area contributed by atoms with E-state index in [4.69, 9.17) is 18.9 Å². The second-order valence-electron chi connectivity index (χ2n) is 8.57. The molecule has 0 bridgehead atoms. The number of hydrogen-bond acceptors (Lipinski definition) is 6. The summed E-state index contributed by atoms with van der Waals surface area (Å²) in [6, 6.07) is 20.0. The van der Waals surface area contributed by atoms with Crippen LogP contribution in [0, 0.1) is 0 Å². The molecule has 3 aliphatic rings. The van der Waals surface area contributed by atoms with Gasteiger partial charge in [-0.3, -0.25) is 0 Å². The van der Waals surface area contributed by atoms with Crippen LogP contribution in [0.1, 0.15) is 45.2 Å². The zero-order valence-corrected chi connectivity index (χ0v) is 22.2. The normalized spacial score (nSPS) is 16.6. The molecule has 0 saturated carbocycles. The van der Waals surface area contributed by atoms with Crippen molar-refractivity contribution in [2.45, 2.75) is 32.6 Å². The molecule has 1 fully saturated rings. The standard InChI is InChI=1S/C14H16O3.C12H14O2.C4H8O.Al.Li.4H/c1-2-17-14(15)12-8-9-16-10-13(12)11-6-4-3-5-7-11;13-8-11-6-7-14-9-12(11)10-4-2-1-3-5-10;1-2-4-5-3-1;;;;;;/h3-7H,2,8-10H2,1H3;1-5,13H,6-9H2;1-4H2;;;;;;/q;;;;+1;;;;-1. The van der Waals surface area contributed by atoms with Crippen molar-refractivity contribution in [3.8, 4) is 0 Å². The molecule has 1 saturated heterocycles. The third kappa shape index (κ3) is 11.2. The molecule has 0 amide bonds. The van der Waals surface area contributed by atoms with Gasteiger partial charge in [0.15, 0.2) is 17.4 Å². The van der Waals surface area contributed by atoms with Crippen LogP contribution in [-0.4, -0.2) is 81.3 Å². The maximum atomic E-state index is 11.8. The molecule has 5 rings (SSSR count). The number of aliphatic hydroxyl groups is 1. The maximum Gasteiger partial charge on any atom is 1.00 e. The van der Waals surface area contributed by atoms with Gasteiger partial charge in [0.2, 0.25) is 0 Å². The molecular weight excluding hydrogens is 490 g/mol. The van der Waals surface area contributed by atoms with Crippen molar-refractivity contribution in [2.75, 3.05) is 52.9 Å². The summed E-state index contributed by atoms with van der Waals surface area (Å²) >= 11 is 0. The van der Waals surface area contributed by atoms with Crippen LogP contribution in [0.15, 0.2) is 71.8 Å².